The molecule has 34 heavy (non-hydrogen) atoms. The SMILES string of the molecule is Cc1cn(-c2nccc3[nH]c(-c4[nH]nc5ncc(-c6cncc(N(C)C)c6)c(F)c45)nc23)cn1. The first-order valence-corrected chi connectivity index (χ1v) is 10.5. The lowest BCUT2D eigenvalue weighted by Gasteiger charge is -2.13. The van der Waals surface area contributed by atoms with E-state index in [1.807, 2.05) is 44.2 Å². The molecule has 0 radical (unpaired) electrons. The zero-order chi connectivity index (χ0) is 23.4. The maximum atomic E-state index is 15.9. The third-order valence-electron chi connectivity index (χ3n) is 5.65. The van der Waals surface area contributed by atoms with Crippen molar-refractivity contribution in [3.05, 3.63) is 61.0 Å². The molecule has 10 nitrogen and oxygen atoms in total. The quantitative estimate of drug-likeness (QED) is 0.417. The van der Waals surface area contributed by atoms with Gasteiger partial charge in [-0.25, -0.2) is 24.3 Å². The van der Waals surface area contributed by atoms with Crippen molar-refractivity contribution in [3.63, 3.8) is 0 Å². The zero-order valence-electron chi connectivity index (χ0n) is 18.6. The fourth-order valence-corrected chi connectivity index (χ4v) is 3.91. The second-order valence-corrected chi connectivity index (χ2v) is 8.15. The largest absolute Gasteiger partial charge is 0.376 e. The van der Waals surface area contributed by atoms with Crippen molar-refractivity contribution in [2.24, 2.45) is 0 Å². The molecule has 0 spiro atoms. The molecule has 6 rings (SSSR count). The molecular formula is C23H19FN10. The van der Waals surface area contributed by atoms with Crippen molar-refractivity contribution in [3.8, 4) is 28.5 Å². The van der Waals surface area contributed by atoms with Crippen LogP contribution in [0.25, 0.3) is 50.5 Å². The molecule has 0 aliphatic heterocycles. The van der Waals surface area contributed by atoms with E-state index in [9.17, 15) is 0 Å². The van der Waals surface area contributed by atoms with Gasteiger partial charge in [0.2, 0.25) is 0 Å². The number of imidazole rings is 2. The van der Waals surface area contributed by atoms with E-state index < -0.39 is 5.82 Å². The molecule has 0 aromatic carbocycles. The van der Waals surface area contributed by atoms with Crippen molar-refractivity contribution < 1.29 is 4.39 Å². The minimum Gasteiger partial charge on any atom is -0.376 e. The van der Waals surface area contributed by atoms with Gasteiger partial charge in [0, 0.05) is 50.0 Å². The van der Waals surface area contributed by atoms with Gasteiger partial charge in [-0.05, 0) is 19.1 Å². The Bertz CT molecular complexity index is 1680. The van der Waals surface area contributed by atoms with Crippen LogP contribution in [-0.2, 0) is 0 Å². The van der Waals surface area contributed by atoms with Crippen molar-refractivity contribution in [2.45, 2.75) is 6.92 Å². The molecule has 2 N–H and O–H groups in total. The number of nitrogens with one attached hydrogen (secondary N) is 2. The highest BCUT2D eigenvalue weighted by molar-refractivity contribution is 5.95. The van der Waals surface area contributed by atoms with E-state index >= 15 is 4.39 Å². The zero-order valence-corrected chi connectivity index (χ0v) is 18.6. The van der Waals surface area contributed by atoms with E-state index in [-0.39, 0.29) is 11.0 Å². The van der Waals surface area contributed by atoms with Crippen molar-refractivity contribution in [1.29, 1.82) is 0 Å². The molecule has 0 bridgehead atoms. The van der Waals surface area contributed by atoms with E-state index in [1.165, 1.54) is 6.20 Å². The number of H-pyrrole nitrogens is 2. The van der Waals surface area contributed by atoms with Crippen LogP contribution in [0.5, 0.6) is 0 Å². The molecule has 6 aromatic heterocycles. The number of pyridine rings is 3. The second kappa shape index (κ2) is 7.44. The van der Waals surface area contributed by atoms with Gasteiger partial charge < -0.3 is 9.88 Å². The molecule has 11 heteroatoms. The van der Waals surface area contributed by atoms with Crippen LogP contribution in [0.2, 0.25) is 0 Å². The smallest absolute Gasteiger partial charge is 0.184 e. The molecule has 0 amide bonds. The summed E-state index contributed by atoms with van der Waals surface area (Å²) in [6, 6.07) is 3.68. The molecule has 0 unspecified atom stereocenters. The van der Waals surface area contributed by atoms with E-state index in [0.29, 0.717) is 34.0 Å². The summed E-state index contributed by atoms with van der Waals surface area (Å²) in [5.41, 5.74) is 4.72. The number of hydrogen-bond donors (Lipinski definition) is 2. The first-order valence-electron chi connectivity index (χ1n) is 10.5. The van der Waals surface area contributed by atoms with Crippen LogP contribution >= 0.6 is 0 Å². The summed E-state index contributed by atoms with van der Waals surface area (Å²) in [4.78, 5) is 27.2. The number of halogens is 1. The van der Waals surface area contributed by atoms with Crippen LogP contribution in [0, 0.1) is 12.7 Å². The molecule has 6 aromatic rings. The second-order valence-electron chi connectivity index (χ2n) is 8.15. The van der Waals surface area contributed by atoms with Crippen LogP contribution in [0.15, 0.2) is 49.4 Å². The number of aryl methyl sites for hydroxylation is 1. The molecule has 0 saturated carbocycles. The summed E-state index contributed by atoms with van der Waals surface area (Å²) in [6.07, 6.45) is 10.0. The Morgan fingerprint density at radius 2 is 1.97 bits per heavy atom. The highest BCUT2D eigenvalue weighted by Crippen LogP contribution is 2.33. The molecule has 168 valence electrons. The lowest BCUT2D eigenvalue weighted by molar-refractivity contribution is 0.642. The van der Waals surface area contributed by atoms with Gasteiger partial charge in [0.05, 0.1) is 28.5 Å². The van der Waals surface area contributed by atoms with Gasteiger partial charge in [0.15, 0.2) is 17.3 Å². The maximum absolute atomic E-state index is 15.9. The molecule has 6 heterocycles. The van der Waals surface area contributed by atoms with Crippen molar-refractivity contribution in [1.82, 2.24) is 44.7 Å². The molecule has 0 fully saturated rings. The predicted octanol–water partition coefficient (Wildman–Crippen LogP) is 3.66. The summed E-state index contributed by atoms with van der Waals surface area (Å²) in [5, 5.41) is 7.34. The van der Waals surface area contributed by atoms with Crippen LogP contribution in [-0.4, -0.2) is 58.8 Å². The van der Waals surface area contributed by atoms with Gasteiger partial charge in [-0.3, -0.25) is 14.6 Å². The van der Waals surface area contributed by atoms with Gasteiger partial charge in [-0.1, -0.05) is 0 Å². The summed E-state index contributed by atoms with van der Waals surface area (Å²) in [7, 11) is 3.81. The van der Waals surface area contributed by atoms with E-state index in [2.05, 4.69) is 35.1 Å². The standard InChI is InChI=1S/C23H19FN10/c1-12-10-34(11-28-12)23-19-16(4-5-26-23)29-22(30-19)20-17-18(24)15(9-27-21(17)32-31-20)13-6-14(33(2)3)8-25-7-13/h4-11H,1-3H3,(H,29,30)(H,27,31,32). The monoisotopic (exact) mass is 454 g/mol. The van der Waals surface area contributed by atoms with Gasteiger partial charge in [0.25, 0.3) is 0 Å². The Labute approximate surface area is 192 Å². The molecule has 0 aliphatic carbocycles. The van der Waals surface area contributed by atoms with E-state index in [1.54, 1.807) is 29.5 Å². The number of anilines is 1. The summed E-state index contributed by atoms with van der Waals surface area (Å²) in [5.74, 6) is 0.604. The third-order valence-corrected chi connectivity index (χ3v) is 5.65. The van der Waals surface area contributed by atoms with E-state index in [4.69, 9.17) is 4.98 Å². The van der Waals surface area contributed by atoms with Crippen LogP contribution in [0.4, 0.5) is 10.1 Å². The Hall–Kier alpha value is -4.67. The van der Waals surface area contributed by atoms with Crippen LogP contribution in [0.1, 0.15) is 5.69 Å². The van der Waals surface area contributed by atoms with Crippen molar-refractivity contribution >= 4 is 27.8 Å². The molecule has 0 saturated heterocycles. The maximum Gasteiger partial charge on any atom is 0.184 e. The topological polar surface area (TPSA) is 117 Å². The lowest BCUT2D eigenvalue weighted by Crippen LogP contribution is -2.08. The van der Waals surface area contributed by atoms with E-state index in [0.717, 1.165) is 16.9 Å². The minimum absolute atomic E-state index is 0.250. The number of aromatic amines is 2. The first kappa shape index (κ1) is 20.0. The van der Waals surface area contributed by atoms with Gasteiger partial charge in [0.1, 0.15) is 23.4 Å². The average molecular weight is 454 g/mol. The number of nitrogens with zero attached hydrogens (tertiary/aromatic N) is 8. The van der Waals surface area contributed by atoms with Crippen LogP contribution < -0.4 is 4.90 Å². The van der Waals surface area contributed by atoms with Gasteiger partial charge in [-0.2, -0.15) is 5.10 Å². The average Bonchev–Trinajstić information content (AvgIpc) is 3.56. The van der Waals surface area contributed by atoms with Gasteiger partial charge in [-0.15, -0.1) is 0 Å². The normalized spacial score (nSPS) is 11.5. The lowest BCUT2D eigenvalue weighted by atomic mass is 10.1. The fraction of sp³-hybridized carbons (Fsp3) is 0.130. The van der Waals surface area contributed by atoms with Crippen molar-refractivity contribution in [2.75, 3.05) is 19.0 Å². The number of hydrogen-bond acceptors (Lipinski definition) is 7. The third kappa shape index (κ3) is 3.09. The highest BCUT2D eigenvalue weighted by atomic mass is 19.1. The summed E-state index contributed by atoms with van der Waals surface area (Å²) >= 11 is 0. The highest BCUT2D eigenvalue weighted by Gasteiger charge is 2.21. The molecule has 0 aliphatic rings. The first-order chi connectivity index (χ1) is 16.5. The predicted molar refractivity (Wildman–Crippen MR) is 126 cm³/mol. The summed E-state index contributed by atoms with van der Waals surface area (Å²) in [6.45, 7) is 1.90. The van der Waals surface area contributed by atoms with Gasteiger partial charge >= 0.3 is 0 Å². The Balaban J connectivity index is 1.52. The van der Waals surface area contributed by atoms with Crippen LogP contribution in [0.3, 0.4) is 0 Å². The Kier molecular flexibility index (Phi) is 4.37. The molecular weight excluding hydrogens is 435 g/mol. The molecule has 0 atom stereocenters. The minimum atomic E-state index is -0.449. The number of fused-ring (bicyclic) bond motifs is 2. The fourth-order valence-electron chi connectivity index (χ4n) is 3.91. The number of aromatic nitrogens is 9. The summed E-state index contributed by atoms with van der Waals surface area (Å²) < 4.78 is 17.7. The Morgan fingerprint density at radius 3 is 2.76 bits per heavy atom. The Morgan fingerprint density at radius 1 is 1.09 bits per heavy atom. The number of rotatable bonds is 4.